The highest BCUT2D eigenvalue weighted by molar-refractivity contribution is 5.75. The van der Waals surface area contributed by atoms with Crippen molar-refractivity contribution in [1.29, 1.82) is 0 Å². The van der Waals surface area contributed by atoms with Crippen LogP contribution in [0.5, 0.6) is 5.75 Å². The van der Waals surface area contributed by atoms with E-state index in [1.165, 1.54) is 35.2 Å². The monoisotopic (exact) mass is 490 g/mol. The van der Waals surface area contributed by atoms with Gasteiger partial charge < -0.3 is 19.7 Å². The van der Waals surface area contributed by atoms with Gasteiger partial charge in [-0.05, 0) is 42.7 Å². The van der Waals surface area contributed by atoms with Crippen LogP contribution in [0.2, 0.25) is 0 Å². The molecule has 2 aromatic rings. The van der Waals surface area contributed by atoms with Crippen LogP contribution in [0.1, 0.15) is 43.1 Å². The zero-order chi connectivity index (χ0) is 25.1. The van der Waals surface area contributed by atoms with Crippen LogP contribution in [0.4, 0.5) is 31.1 Å². The second-order valence-electron chi connectivity index (χ2n) is 8.00. The lowest BCUT2D eigenvalue weighted by Gasteiger charge is -2.41. The third-order valence-corrected chi connectivity index (χ3v) is 5.41. The predicted molar refractivity (Wildman–Crippen MR) is 111 cm³/mol. The Morgan fingerprint density at radius 3 is 2.24 bits per heavy atom. The minimum Gasteiger partial charge on any atom is -0.406 e. The molecule has 2 amide bonds. The average Bonchev–Trinajstić information content (AvgIpc) is 2.72. The second-order valence-corrected chi connectivity index (χ2v) is 8.00. The van der Waals surface area contributed by atoms with Crippen LogP contribution in [-0.2, 0) is 10.9 Å². The third-order valence-electron chi connectivity index (χ3n) is 5.41. The number of hydrogen-bond acceptors (Lipinski definition) is 3. The topological polar surface area (TPSA) is 50.8 Å². The molecule has 2 aromatic carbocycles. The van der Waals surface area contributed by atoms with Crippen LogP contribution in [-0.4, -0.2) is 42.5 Å². The summed E-state index contributed by atoms with van der Waals surface area (Å²) in [5, 5.41) is 2.80. The molecule has 0 spiro atoms. The lowest BCUT2D eigenvalue weighted by molar-refractivity contribution is -0.274. The molecule has 1 heterocycles. The van der Waals surface area contributed by atoms with Crippen molar-refractivity contribution in [2.75, 3.05) is 13.1 Å². The van der Waals surface area contributed by atoms with E-state index in [1.807, 2.05) is 13.8 Å². The average molecular weight is 490 g/mol. The van der Waals surface area contributed by atoms with E-state index in [4.69, 9.17) is 4.74 Å². The molecule has 2 atom stereocenters. The van der Waals surface area contributed by atoms with Crippen LogP contribution in [0.15, 0.2) is 48.5 Å². The fourth-order valence-corrected chi connectivity index (χ4v) is 3.45. The Hall–Kier alpha value is -2.95. The van der Waals surface area contributed by atoms with Gasteiger partial charge in [0.25, 0.3) is 0 Å². The van der Waals surface area contributed by atoms with Gasteiger partial charge >= 0.3 is 18.6 Å². The first-order chi connectivity index (χ1) is 15.9. The molecule has 1 N–H and O–H groups in total. The van der Waals surface area contributed by atoms with Gasteiger partial charge in [0.1, 0.15) is 11.9 Å². The Balaban J connectivity index is 1.83. The first-order valence-electron chi connectivity index (χ1n) is 10.6. The van der Waals surface area contributed by atoms with Gasteiger partial charge in [-0.2, -0.15) is 13.2 Å². The maximum absolute atomic E-state index is 13.7. The minimum atomic E-state index is -4.90. The standard InChI is InChI=1S/C23H24F6N2O3/c1-3-14(2)30-21(32)31-12-17(13-31)33-20(18-6-4-5-7-19(18)22(24,25)26)15-8-10-16(11-9-15)34-23(27,28)29/h4-11,14,17,20H,3,12-13H2,1-2H3,(H,30,32). The molecule has 1 aliphatic heterocycles. The minimum absolute atomic E-state index is 0.0312. The molecule has 186 valence electrons. The van der Waals surface area contributed by atoms with E-state index in [2.05, 4.69) is 10.1 Å². The van der Waals surface area contributed by atoms with E-state index in [0.717, 1.165) is 24.6 Å². The van der Waals surface area contributed by atoms with Crippen LogP contribution >= 0.6 is 0 Å². The number of alkyl halides is 6. The summed E-state index contributed by atoms with van der Waals surface area (Å²) in [5.74, 6) is -0.504. The fraction of sp³-hybridized carbons (Fsp3) is 0.435. The summed E-state index contributed by atoms with van der Waals surface area (Å²) in [4.78, 5) is 13.7. The number of carbonyl (C=O) groups excluding carboxylic acids is 1. The smallest absolute Gasteiger partial charge is 0.406 e. The summed E-state index contributed by atoms with van der Waals surface area (Å²) < 4.78 is 88.2. The molecular weight excluding hydrogens is 466 g/mol. The summed E-state index contributed by atoms with van der Waals surface area (Å²) in [7, 11) is 0. The number of benzene rings is 2. The Labute approximate surface area is 192 Å². The highest BCUT2D eigenvalue weighted by atomic mass is 19.4. The van der Waals surface area contributed by atoms with Gasteiger partial charge in [0.15, 0.2) is 0 Å². The van der Waals surface area contributed by atoms with Crippen molar-refractivity contribution in [2.45, 2.75) is 51.1 Å². The number of halogens is 6. The molecule has 1 saturated heterocycles. The predicted octanol–water partition coefficient (Wildman–Crippen LogP) is 5.90. The van der Waals surface area contributed by atoms with E-state index >= 15 is 0 Å². The SMILES string of the molecule is CCC(C)NC(=O)N1CC(OC(c2ccc(OC(F)(F)F)cc2)c2ccccc2C(F)(F)F)C1. The van der Waals surface area contributed by atoms with Gasteiger partial charge in [-0.25, -0.2) is 4.79 Å². The lowest BCUT2D eigenvalue weighted by Crippen LogP contribution is -2.58. The largest absolute Gasteiger partial charge is 0.573 e. The number of urea groups is 1. The van der Waals surface area contributed by atoms with Crippen LogP contribution < -0.4 is 10.1 Å². The molecular formula is C23H24F6N2O3. The van der Waals surface area contributed by atoms with Gasteiger partial charge in [0.05, 0.1) is 24.8 Å². The van der Waals surface area contributed by atoms with E-state index in [1.54, 1.807) is 0 Å². The van der Waals surface area contributed by atoms with Crippen molar-refractivity contribution in [3.05, 3.63) is 65.2 Å². The van der Waals surface area contributed by atoms with Crippen LogP contribution in [0.3, 0.4) is 0 Å². The molecule has 1 fully saturated rings. The molecule has 3 rings (SSSR count). The zero-order valence-corrected chi connectivity index (χ0v) is 18.4. The van der Waals surface area contributed by atoms with Gasteiger partial charge in [-0.1, -0.05) is 37.3 Å². The Bertz CT molecular complexity index is 972. The quantitative estimate of drug-likeness (QED) is 0.492. The second kappa shape index (κ2) is 10.1. The van der Waals surface area contributed by atoms with Crippen LogP contribution in [0.25, 0.3) is 0 Å². The first kappa shape index (κ1) is 25.7. The summed E-state index contributed by atoms with van der Waals surface area (Å²) in [5.41, 5.74) is -0.878. The molecule has 0 aromatic heterocycles. The molecule has 1 aliphatic rings. The molecule has 2 unspecified atom stereocenters. The summed E-state index contributed by atoms with van der Waals surface area (Å²) >= 11 is 0. The van der Waals surface area contributed by atoms with E-state index in [0.29, 0.717) is 0 Å². The van der Waals surface area contributed by atoms with Crippen LogP contribution in [0, 0.1) is 0 Å². The highest BCUT2D eigenvalue weighted by Gasteiger charge is 2.39. The third kappa shape index (κ3) is 6.55. The molecule has 34 heavy (non-hydrogen) atoms. The number of nitrogens with zero attached hydrogens (tertiary/aromatic N) is 1. The van der Waals surface area contributed by atoms with Crippen molar-refractivity contribution >= 4 is 6.03 Å². The van der Waals surface area contributed by atoms with Crippen molar-refractivity contribution in [1.82, 2.24) is 10.2 Å². The van der Waals surface area contributed by atoms with Gasteiger partial charge in [0, 0.05) is 6.04 Å². The number of rotatable bonds is 7. The molecule has 0 bridgehead atoms. The fourth-order valence-electron chi connectivity index (χ4n) is 3.45. The maximum Gasteiger partial charge on any atom is 0.573 e. The molecule has 0 aliphatic carbocycles. The lowest BCUT2D eigenvalue weighted by atomic mass is 9.95. The number of carbonyl (C=O) groups is 1. The summed E-state index contributed by atoms with van der Waals surface area (Å²) in [6.07, 6.45) is -10.6. The van der Waals surface area contributed by atoms with Crippen molar-refractivity contribution in [3.8, 4) is 5.75 Å². The van der Waals surface area contributed by atoms with Gasteiger partial charge in [0.2, 0.25) is 0 Å². The number of ether oxygens (including phenoxy) is 2. The molecule has 0 radical (unpaired) electrons. The van der Waals surface area contributed by atoms with E-state index < -0.39 is 36.1 Å². The Morgan fingerprint density at radius 1 is 1.06 bits per heavy atom. The van der Waals surface area contributed by atoms with Crippen molar-refractivity contribution in [3.63, 3.8) is 0 Å². The number of likely N-dealkylation sites (tertiary alicyclic amines) is 1. The number of nitrogens with one attached hydrogen (secondary N) is 1. The van der Waals surface area contributed by atoms with E-state index in [-0.39, 0.29) is 36.3 Å². The Morgan fingerprint density at radius 2 is 1.68 bits per heavy atom. The zero-order valence-electron chi connectivity index (χ0n) is 18.4. The normalized spacial score (nSPS) is 16.5. The van der Waals surface area contributed by atoms with E-state index in [9.17, 15) is 31.1 Å². The van der Waals surface area contributed by atoms with Gasteiger partial charge in [-0.3, -0.25) is 0 Å². The maximum atomic E-state index is 13.7. The van der Waals surface area contributed by atoms with Crippen molar-refractivity contribution in [2.24, 2.45) is 0 Å². The summed E-state index contributed by atoms with van der Waals surface area (Å²) in [6, 6.07) is 9.01. The Kier molecular flexibility index (Phi) is 7.64. The number of hydrogen-bond donors (Lipinski definition) is 1. The summed E-state index contributed by atoms with van der Waals surface area (Å²) in [6.45, 7) is 4.10. The van der Waals surface area contributed by atoms with Gasteiger partial charge in [-0.15, -0.1) is 13.2 Å². The molecule has 0 saturated carbocycles. The molecule has 11 heteroatoms. The highest BCUT2D eigenvalue weighted by Crippen LogP contribution is 2.39. The molecule has 5 nitrogen and oxygen atoms in total. The van der Waals surface area contributed by atoms with Crippen molar-refractivity contribution < 1.29 is 40.6 Å². The number of amides is 2. The first-order valence-corrected chi connectivity index (χ1v) is 10.6.